The van der Waals surface area contributed by atoms with E-state index in [1.165, 1.54) is 6.42 Å². The lowest BCUT2D eigenvalue weighted by atomic mass is 9.46. The molecule has 5 atom stereocenters. The molecule has 0 aromatic heterocycles. The number of hydrogen-bond donors (Lipinski definition) is 1. The first kappa shape index (κ1) is 21.1. The molecule has 3 aliphatic carbocycles. The van der Waals surface area contributed by atoms with Crippen LogP contribution >= 0.6 is 0 Å². The maximum Gasteiger partial charge on any atom is 0.309 e. The highest BCUT2D eigenvalue weighted by Crippen LogP contribution is 2.63. The number of carbonyl (C=O) groups is 1. The zero-order chi connectivity index (χ0) is 16.2. The van der Waals surface area contributed by atoms with Crippen LogP contribution in [0.3, 0.4) is 0 Å². The number of fused-ring (bicyclic) bond motifs is 3. The second-order valence-corrected chi connectivity index (χ2v) is 8.75. The van der Waals surface area contributed by atoms with Gasteiger partial charge >= 0.3 is 5.97 Å². The van der Waals surface area contributed by atoms with E-state index in [1.807, 2.05) is 6.92 Å². The van der Waals surface area contributed by atoms with Crippen LogP contribution < -0.4 is 0 Å². The molecule has 0 spiro atoms. The molecule has 2 fully saturated rings. The molecule has 0 aromatic rings. The van der Waals surface area contributed by atoms with E-state index in [0.717, 1.165) is 38.5 Å². The Labute approximate surface area is 150 Å². The lowest BCUT2D eigenvalue weighted by molar-refractivity contribution is -0.160. The molecule has 0 aliphatic heterocycles. The second kappa shape index (κ2) is 6.73. The first-order chi connectivity index (χ1) is 10.3. The number of rotatable bonds is 2. The molecule has 2 nitrogen and oxygen atoms in total. The second-order valence-electron chi connectivity index (χ2n) is 8.75. The molecule has 0 saturated heterocycles. The van der Waals surface area contributed by atoms with Crippen molar-refractivity contribution in [1.29, 1.82) is 0 Å². The van der Waals surface area contributed by atoms with Crippen LogP contribution in [0.15, 0.2) is 24.3 Å². The third kappa shape index (κ3) is 2.89. The van der Waals surface area contributed by atoms with Crippen LogP contribution in [0.2, 0.25) is 0 Å². The largest absolute Gasteiger partial charge is 0.481 e. The maximum absolute atomic E-state index is 11.9. The van der Waals surface area contributed by atoms with Gasteiger partial charge in [0.1, 0.15) is 0 Å². The Bertz CT molecular complexity index is 540. The number of hydrogen-bond acceptors (Lipinski definition) is 1. The van der Waals surface area contributed by atoms with Crippen molar-refractivity contribution in [2.75, 3.05) is 0 Å². The van der Waals surface area contributed by atoms with Crippen LogP contribution in [-0.2, 0) is 4.79 Å². The van der Waals surface area contributed by atoms with E-state index in [9.17, 15) is 9.90 Å². The van der Waals surface area contributed by atoms with Gasteiger partial charge in [0.25, 0.3) is 0 Å². The van der Waals surface area contributed by atoms with Crippen molar-refractivity contribution in [1.82, 2.24) is 0 Å². The van der Waals surface area contributed by atoms with Gasteiger partial charge in [-0.05, 0) is 68.1 Å². The quantitative estimate of drug-likeness (QED) is 0.539. The molecule has 3 aliphatic rings. The van der Waals surface area contributed by atoms with E-state index < -0.39 is 11.4 Å². The predicted molar refractivity (Wildman–Crippen MR) is 102 cm³/mol. The third-order valence-corrected chi connectivity index (χ3v) is 7.32. The summed E-state index contributed by atoms with van der Waals surface area (Å²) in [6.07, 6.45) is 12.1. The Morgan fingerprint density at radius 1 is 1.29 bits per heavy atom. The molecule has 2 saturated carbocycles. The Morgan fingerprint density at radius 3 is 2.54 bits per heavy atom. The highest BCUT2D eigenvalue weighted by molar-refractivity contribution is 5.75. The molecule has 133 valence electrons. The number of carboxylic acid groups (broad SMARTS) is 1. The molecule has 0 bridgehead atoms. The van der Waals surface area contributed by atoms with E-state index >= 15 is 0 Å². The molecule has 0 unspecified atom stereocenters. The standard InChI is InChI=1S/C20H30O2.CH4.B/c1-5-18(2)12-9-15-14(13-18)7-8-16-19(15,3)10-6-11-20(16,4)17(21)22;;/h5,9,14,16H,1,6-8,10-13H2,2-4H3,(H,21,22);1H4;/t14-,16-,18-,19+,20+;;/m0../s1. The SMILES string of the molecule is C.C=C[C@@]1(C)CC=C2[C@@H](CC[C@@H]3[C@](C)(C(=O)O)CCC[C@]23C)C1.[B]. The summed E-state index contributed by atoms with van der Waals surface area (Å²) in [5.41, 5.74) is 1.35. The van der Waals surface area contributed by atoms with Gasteiger partial charge in [-0.3, -0.25) is 4.79 Å². The topological polar surface area (TPSA) is 37.3 Å². The highest BCUT2D eigenvalue weighted by Gasteiger charge is 2.57. The lowest BCUT2D eigenvalue weighted by Gasteiger charge is -2.58. The van der Waals surface area contributed by atoms with Gasteiger partial charge in [-0.15, -0.1) is 6.58 Å². The molecule has 1 N–H and O–H groups in total. The van der Waals surface area contributed by atoms with Crippen LogP contribution in [0.1, 0.15) is 73.1 Å². The predicted octanol–water partition coefficient (Wildman–Crippen LogP) is 5.46. The Morgan fingerprint density at radius 2 is 1.96 bits per heavy atom. The van der Waals surface area contributed by atoms with Gasteiger partial charge in [0.2, 0.25) is 0 Å². The summed E-state index contributed by atoms with van der Waals surface area (Å²) < 4.78 is 0. The average molecular weight is 329 g/mol. The fraction of sp³-hybridized carbons (Fsp3) is 0.762. The number of carboxylic acids is 1. The van der Waals surface area contributed by atoms with Crippen LogP contribution in [0.5, 0.6) is 0 Å². The van der Waals surface area contributed by atoms with Crippen molar-refractivity contribution in [3.05, 3.63) is 24.3 Å². The zero-order valence-corrected chi connectivity index (χ0v) is 14.9. The van der Waals surface area contributed by atoms with Gasteiger partial charge in [-0.25, -0.2) is 0 Å². The van der Waals surface area contributed by atoms with Crippen LogP contribution in [-0.4, -0.2) is 19.5 Å². The van der Waals surface area contributed by atoms with Crippen molar-refractivity contribution in [2.45, 2.75) is 73.1 Å². The van der Waals surface area contributed by atoms with Gasteiger partial charge < -0.3 is 5.11 Å². The first-order valence-corrected chi connectivity index (χ1v) is 8.83. The molecule has 24 heavy (non-hydrogen) atoms. The van der Waals surface area contributed by atoms with Crippen molar-refractivity contribution in [2.24, 2.45) is 28.1 Å². The molecule has 0 aromatic carbocycles. The normalized spacial score (nSPS) is 43.9. The summed E-state index contributed by atoms with van der Waals surface area (Å²) in [5.74, 6) is 0.338. The Balaban J connectivity index is 0.00000144. The monoisotopic (exact) mass is 329 g/mol. The number of aliphatic carboxylic acids is 1. The molecule has 0 amide bonds. The minimum absolute atomic E-state index is 0. The van der Waals surface area contributed by atoms with Gasteiger partial charge in [0.05, 0.1) is 5.41 Å². The maximum atomic E-state index is 11.9. The van der Waals surface area contributed by atoms with Crippen molar-refractivity contribution >= 4 is 14.4 Å². The van der Waals surface area contributed by atoms with Gasteiger partial charge in [-0.1, -0.05) is 45.4 Å². The summed E-state index contributed by atoms with van der Waals surface area (Å²) in [6, 6.07) is 0. The Hall–Kier alpha value is -0.985. The molecule has 0 heterocycles. The molecule has 3 radical (unpaired) electrons. The number of allylic oxidation sites excluding steroid dienone is 3. The average Bonchev–Trinajstić information content (AvgIpc) is 2.46. The van der Waals surface area contributed by atoms with Crippen molar-refractivity contribution in [3.63, 3.8) is 0 Å². The summed E-state index contributed by atoms with van der Waals surface area (Å²) in [6.45, 7) is 10.7. The molecule has 3 rings (SSSR count). The Kier molecular flexibility index (Phi) is 5.90. The van der Waals surface area contributed by atoms with Crippen LogP contribution in [0.4, 0.5) is 0 Å². The smallest absolute Gasteiger partial charge is 0.309 e. The van der Waals surface area contributed by atoms with E-state index in [4.69, 9.17) is 0 Å². The summed E-state index contributed by atoms with van der Waals surface area (Å²) >= 11 is 0. The fourth-order valence-corrected chi connectivity index (χ4v) is 5.87. The van der Waals surface area contributed by atoms with E-state index in [1.54, 1.807) is 5.57 Å². The lowest BCUT2D eigenvalue weighted by Crippen LogP contribution is -2.52. The van der Waals surface area contributed by atoms with Crippen LogP contribution in [0, 0.1) is 28.1 Å². The summed E-state index contributed by atoms with van der Waals surface area (Å²) in [4.78, 5) is 11.9. The zero-order valence-electron chi connectivity index (χ0n) is 14.9. The third-order valence-electron chi connectivity index (χ3n) is 7.32. The van der Waals surface area contributed by atoms with E-state index in [-0.39, 0.29) is 26.7 Å². The minimum atomic E-state index is -0.589. The van der Waals surface area contributed by atoms with Gasteiger partial charge in [0.15, 0.2) is 0 Å². The van der Waals surface area contributed by atoms with E-state index in [0.29, 0.717) is 11.8 Å². The van der Waals surface area contributed by atoms with Gasteiger partial charge in [0, 0.05) is 8.41 Å². The minimum Gasteiger partial charge on any atom is -0.481 e. The first-order valence-electron chi connectivity index (χ1n) is 8.83. The summed E-state index contributed by atoms with van der Waals surface area (Å²) in [7, 11) is 0. The molecular formula is C21H34BO2. The van der Waals surface area contributed by atoms with Gasteiger partial charge in [-0.2, -0.15) is 0 Å². The van der Waals surface area contributed by atoms with Crippen LogP contribution in [0.25, 0.3) is 0 Å². The molecule has 3 heteroatoms. The fourth-order valence-electron chi connectivity index (χ4n) is 5.87. The summed E-state index contributed by atoms with van der Waals surface area (Å²) in [5, 5.41) is 9.84. The van der Waals surface area contributed by atoms with E-state index in [2.05, 4.69) is 32.6 Å². The van der Waals surface area contributed by atoms with Crippen molar-refractivity contribution < 1.29 is 9.90 Å². The highest BCUT2D eigenvalue weighted by atomic mass is 16.4. The molecular weight excluding hydrogens is 295 g/mol. The van der Waals surface area contributed by atoms with Crippen molar-refractivity contribution in [3.8, 4) is 0 Å².